The van der Waals surface area contributed by atoms with Crippen molar-refractivity contribution in [2.75, 3.05) is 6.54 Å². The van der Waals surface area contributed by atoms with Crippen LogP contribution >= 0.6 is 11.3 Å². The highest BCUT2D eigenvalue weighted by Crippen LogP contribution is 2.20. The first-order valence-electron chi connectivity index (χ1n) is 10.2. The maximum absolute atomic E-state index is 13.4. The van der Waals surface area contributed by atoms with Crippen LogP contribution in [0.25, 0.3) is 0 Å². The van der Waals surface area contributed by atoms with E-state index < -0.39 is 0 Å². The molecule has 2 amide bonds. The molecule has 0 radical (unpaired) electrons. The van der Waals surface area contributed by atoms with Crippen molar-refractivity contribution in [3.8, 4) is 0 Å². The zero-order valence-electron chi connectivity index (χ0n) is 17.7. The van der Waals surface area contributed by atoms with Crippen molar-refractivity contribution in [1.82, 2.24) is 9.80 Å². The van der Waals surface area contributed by atoms with E-state index in [-0.39, 0.29) is 30.2 Å². The second-order valence-corrected chi connectivity index (χ2v) is 8.43. The van der Waals surface area contributed by atoms with Gasteiger partial charge in [0.05, 0.1) is 12.8 Å². The molecule has 3 rings (SSSR count). The van der Waals surface area contributed by atoms with E-state index in [1.165, 1.54) is 11.8 Å². The van der Waals surface area contributed by atoms with E-state index >= 15 is 0 Å². The van der Waals surface area contributed by atoms with Gasteiger partial charge < -0.3 is 14.2 Å². The van der Waals surface area contributed by atoms with E-state index in [0.29, 0.717) is 13.1 Å². The van der Waals surface area contributed by atoms with Gasteiger partial charge in [0.2, 0.25) is 5.91 Å². The van der Waals surface area contributed by atoms with Gasteiger partial charge in [0, 0.05) is 17.5 Å². The predicted molar refractivity (Wildman–Crippen MR) is 119 cm³/mol. The molecule has 0 bridgehead atoms. The third-order valence-electron chi connectivity index (χ3n) is 5.29. The summed E-state index contributed by atoms with van der Waals surface area (Å²) in [6, 6.07) is 15.3. The third-order valence-corrected chi connectivity index (χ3v) is 6.30. The van der Waals surface area contributed by atoms with Crippen LogP contribution in [-0.2, 0) is 17.9 Å². The molecule has 0 spiro atoms. The number of carbonyl (C=O) groups excluding carboxylic acids is 2. The summed E-state index contributed by atoms with van der Waals surface area (Å²) in [6.07, 6.45) is 2.23. The second-order valence-electron chi connectivity index (χ2n) is 7.43. The Morgan fingerprint density at radius 2 is 1.83 bits per heavy atom. The van der Waals surface area contributed by atoms with E-state index in [9.17, 15) is 9.59 Å². The van der Waals surface area contributed by atoms with Crippen LogP contribution in [0.2, 0.25) is 0 Å². The molecule has 6 heteroatoms. The fourth-order valence-electron chi connectivity index (χ4n) is 3.21. The highest BCUT2D eigenvalue weighted by atomic mass is 32.1. The summed E-state index contributed by atoms with van der Waals surface area (Å²) in [5, 5.41) is 2.04. The molecular formula is C24H28N2O3S. The third kappa shape index (κ3) is 5.39. The number of hydrogen-bond donors (Lipinski definition) is 0. The number of furan rings is 1. The van der Waals surface area contributed by atoms with Crippen LogP contribution in [-0.4, -0.2) is 34.2 Å². The van der Waals surface area contributed by atoms with Crippen molar-refractivity contribution < 1.29 is 14.0 Å². The van der Waals surface area contributed by atoms with Crippen LogP contribution in [0.3, 0.4) is 0 Å². The van der Waals surface area contributed by atoms with Gasteiger partial charge in [-0.1, -0.05) is 37.3 Å². The predicted octanol–water partition coefficient (Wildman–Crippen LogP) is 5.12. The summed E-state index contributed by atoms with van der Waals surface area (Å²) >= 11 is 1.65. The van der Waals surface area contributed by atoms with E-state index in [0.717, 1.165) is 16.9 Å². The van der Waals surface area contributed by atoms with Gasteiger partial charge in [0.15, 0.2) is 5.76 Å². The smallest absolute Gasteiger partial charge is 0.290 e. The molecule has 2 heterocycles. The lowest BCUT2D eigenvalue weighted by molar-refractivity contribution is -0.133. The first-order chi connectivity index (χ1) is 14.5. The lowest BCUT2D eigenvalue weighted by Gasteiger charge is -2.31. The Morgan fingerprint density at radius 3 is 2.43 bits per heavy atom. The minimum absolute atomic E-state index is 0.0196. The summed E-state index contributed by atoms with van der Waals surface area (Å²) in [7, 11) is 0. The average molecular weight is 425 g/mol. The van der Waals surface area contributed by atoms with E-state index in [2.05, 4.69) is 13.0 Å². The first-order valence-corrected chi connectivity index (χ1v) is 11.1. The highest BCUT2D eigenvalue weighted by Gasteiger charge is 2.27. The molecule has 5 nitrogen and oxygen atoms in total. The lowest BCUT2D eigenvalue weighted by atomic mass is 10.1. The molecule has 1 aromatic carbocycles. The van der Waals surface area contributed by atoms with Gasteiger partial charge >= 0.3 is 0 Å². The molecular weight excluding hydrogens is 396 g/mol. The summed E-state index contributed by atoms with van der Waals surface area (Å²) in [6.45, 7) is 7.07. The molecule has 158 valence electrons. The van der Waals surface area contributed by atoms with Gasteiger partial charge in [-0.25, -0.2) is 0 Å². The molecule has 0 saturated carbocycles. The molecule has 0 aliphatic heterocycles. The van der Waals surface area contributed by atoms with Gasteiger partial charge in [-0.3, -0.25) is 9.59 Å². The maximum atomic E-state index is 13.4. The Bertz CT molecular complexity index is 950. The van der Waals surface area contributed by atoms with Crippen molar-refractivity contribution in [3.63, 3.8) is 0 Å². The van der Waals surface area contributed by atoms with E-state index in [4.69, 9.17) is 4.42 Å². The van der Waals surface area contributed by atoms with E-state index in [1.807, 2.05) is 54.5 Å². The van der Waals surface area contributed by atoms with Crippen LogP contribution < -0.4 is 0 Å². The number of benzene rings is 1. The number of thiophene rings is 1. The average Bonchev–Trinajstić information content (AvgIpc) is 3.43. The summed E-state index contributed by atoms with van der Waals surface area (Å²) in [5.41, 5.74) is 2.24. The van der Waals surface area contributed by atoms with Crippen LogP contribution in [0.15, 0.2) is 64.6 Å². The molecule has 0 N–H and O–H groups in total. The Kier molecular flexibility index (Phi) is 7.46. The number of hydrogen-bond acceptors (Lipinski definition) is 4. The monoisotopic (exact) mass is 424 g/mol. The number of amides is 2. The quantitative estimate of drug-likeness (QED) is 0.479. The molecule has 0 aliphatic carbocycles. The van der Waals surface area contributed by atoms with Crippen molar-refractivity contribution in [2.24, 2.45) is 0 Å². The Morgan fingerprint density at radius 1 is 1.07 bits per heavy atom. The van der Waals surface area contributed by atoms with Crippen LogP contribution in [0.4, 0.5) is 0 Å². The molecule has 1 unspecified atom stereocenters. The molecule has 0 fully saturated rings. The molecule has 30 heavy (non-hydrogen) atoms. The van der Waals surface area contributed by atoms with Gasteiger partial charge in [-0.05, 0) is 55.0 Å². The normalized spacial score (nSPS) is 11.8. The fourth-order valence-corrected chi connectivity index (χ4v) is 4.13. The molecule has 1 atom stereocenters. The van der Waals surface area contributed by atoms with Gasteiger partial charge in [-0.2, -0.15) is 0 Å². The van der Waals surface area contributed by atoms with Crippen molar-refractivity contribution in [1.29, 1.82) is 0 Å². The molecule has 3 aromatic rings. The summed E-state index contributed by atoms with van der Waals surface area (Å²) in [5.74, 6) is -0.0756. The lowest BCUT2D eigenvalue weighted by Crippen LogP contribution is -2.46. The summed E-state index contributed by atoms with van der Waals surface area (Å²) < 4.78 is 5.30. The van der Waals surface area contributed by atoms with Gasteiger partial charge in [0.1, 0.15) is 6.54 Å². The Hall–Kier alpha value is -2.86. The zero-order valence-corrected chi connectivity index (χ0v) is 18.5. The standard InChI is InChI=1S/C24H28N2O3S/c1-4-19(3)26(24(28)21-11-8-13-29-21)17-23(27)25(15-20-9-6-5-7-10-20)16-22-18(2)12-14-30-22/h5-14,19H,4,15-17H2,1-3H3. The highest BCUT2D eigenvalue weighted by molar-refractivity contribution is 7.10. The minimum Gasteiger partial charge on any atom is -0.459 e. The van der Waals surface area contributed by atoms with Crippen molar-refractivity contribution in [3.05, 3.63) is 81.9 Å². The molecule has 0 aliphatic rings. The molecule has 0 saturated heterocycles. The van der Waals surface area contributed by atoms with Crippen LogP contribution in [0.1, 0.15) is 46.8 Å². The molecule has 2 aromatic heterocycles. The van der Waals surface area contributed by atoms with Gasteiger partial charge in [-0.15, -0.1) is 11.3 Å². The first kappa shape index (κ1) is 21.8. The second kappa shape index (κ2) is 10.3. The van der Waals surface area contributed by atoms with Crippen molar-refractivity contribution in [2.45, 2.75) is 46.3 Å². The topological polar surface area (TPSA) is 53.8 Å². The minimum atomic E-state index is -0.255. The zero-order chi connectivity index (χ0) is 21.5. The fraction of sp³-hybridized carbons (Fsp3) is 0.333. The SMILES string of the molecule is CCC(C)N(CC(=O)N(Cc1ccccc1)Cc1sccc1C)C(=O)c1ccco1. The number of aryl methyl sites for hydroxylation is 1. The van der Waals surface area contributed by atoms with Crippen molar-refractivity contribution >= 4 is 23.2 Å². The van der Waals surface area contributed by atoms with Crippen LogP contribution in [0, 0.1) is 6.92 Å². The summed E-state index contributed by atoms with van der Waals surface area (Å²) in [4.78, 5) is 31.0. The Labute approximate surface area is 181 Å². The largest absolute Gasteiger partial charge is 0.459 e. The number of rotatable bonds is 9. The number of carbonyl (C=O) groups is 2. The van der Waals surface area contributed by atoms with Gasteiger partial charge in [0.25, 0.3) is 5.91 Å². The Balaban J connectivity index is 1.82. The van der Waals surface area contributed by atoms with E-state index in [1.54, 1.807) is 28.4 Å². The maximum Gasteiger partial charge on any atom is 0.290 e. The number of nitrogens with zero attached hydrogens (tertiary/aromatic N) is 2. The van der Waals surface area contributed by atoms with Crippen LogP contribution in [0.5, 0.6) is 0 Å².